The first-order valence-corrected chi connectivity index (χ1v) is 15.0. The molecule has 0 unspecified atom stereocenters. The molecule has 0 aromatic carbocycles. The van der Waals surface area contributed by atoms with E-state index in [0.717, 1.165) is 37.7 Å². The number of rotatable bonds is 3. The molecule has 0 radical (unpaired) electrons. The third-order valence-electron chi connectivity index (χ3n) is 12.5. The lowest BCUT2D eigenvalue weighted by Gasteiger charge is -2.68. The standard InChI is InChI=1S/C33H45N3O4/c1-9-25(34)36-40-28(39)33-14-12-29(3,4)17-21(33)26-23(37)16-24-30(5)18-22(35-8)27(38)19(2)20(30)10-11-31(24,6)32(26,7)13-15-33/h16,18-21,26H,9-15,17H2,1-7H3,(H2,34,36)/t19-,20-,21-,26-,30-,31+,32+,33-/m0/s1. The summed E-state index contributed by atoms with van der Waals surface area (Å²) in [4.78, 5) is 50.4. The highest BCUT2D eigenvalue weighted by Crippen LogP contribution is 2.74. The monoisotopic (exact) mass is 547 g/mol. The van der Waals surface area contributed by atoms with Crippen molar-refractivity contribution in [1.82, 2.24) is 0 Å². The van der Waals surface area contributed by atoms with E-state index in [1.807, 2.05) is 26.0 Å². The van der Waals surface area contributed by atoms with E-state index >= 15 is 0 Å². The molecule has 0 spiro atoms. The average molecular weight is 548 g/mol. The maximum absolute atomic E-state index is 14.5. The Balaban J connectivity index is 1.64. The Kier molecular flexibility index (Phi) is 6.56. The minimum absolute atomic E-state index is 0.000338. The molecule has 5 rings (SSSR count). The molecule has 0 amide bonds. The van der Waals surface area contributed by atoms with Crippen LogP contribution in [0, 0.1) is 57.3 Å². The van der Waals surface area contributed by atoms with E-state index < -0.39 is 10.8 Å². The fourth-order valence-corrected chi connectivity index (χ4v) is 9.84. The van der Waals surface area contributed by atoms with Gasteiger partial charge in [-0.1, -0.05) is 65.3 Å². The van der Waals surface area contributed by atoms with Crippen molar-refractivity contribution >= 4 is 23.4 Å². The van der Waals surface area contributed by atoms with Crippen LogP contribution in [0.15, 0.2) is 28.6 Å². The predicted octanol–water partition coefficient (Wildman–Crippen LogP) is 6.39. The molecule has 0 saturated heterocycles. The van der Waals surface area contributed by atoms with E-state index in [-0.39, 0.29) is 69.0 Å². The Morgan fingerprint density at radius 1 is 1.10 bits per heavy atom. The van der Waals surface area contributed by atoms with Crippen molar-refractivity contribution in [3.05, 3.63) is 34.8 Å². The maximum atomic E-state index is 14.5. The highest BCUT2D eigenvalue weighted by molar-refractivity contribution is 6.01. The molecule has 0 bridgehead atoms. The van der Waals surface area contributed by atoms with Gasteiger partial charge < -0.3 is 15.4 Å². The molecule has 0 heterocycles. The summed E-state index contributed by atoms with van der Waals surface area (Å²) in [6.07, 6.45) is 9.69. The van der Waals surface area contributed by atoms with E-state index in [2.05, 4.69) is 44.6 Å². The molecule has 5 aliphatic rings. The highest BCUT2D eigenvalue weighted by Gasteiger charge is 2.70. The lowest BCUT2D eigenvalue weighted by atomic mass is 9.35. The molecule has 5 aliphatic carbocycles. The summed E-state index contributed by atoms with van der Waals surface area (Å²) >= 11 is 0. The average Bonchev–Trinajstić information content (AvgIpc) is 2.90. The first-order chi connectivity index (χ1) is 18.6. The summed E-state index contributed by atoms with van der Waals surface area (Å²) < 4.78 is 0. The van der Waals surface area contributed by atoms with Crippen LogP contribution in [0.3, 0.4) is 0 Å². The van der Waals surface area contributed by atoms with E-state index in [9.17, 15) is 14.4 Å². The number of carbonyl (C=O) groups is 3. The summed E-state index contributed by atoms with van der Waals surface area (Å²) in [5.41, 5.74) is 5.17. The van der Waals surface area contributed by atoms with Crippen LogP contribution >= 0.6 is 0 Å². The summed E-state index contributed by atoms with van der Waals surface area (Å²) in [6, 6.07) is 0. The number of nitrogens with zero attached hydrogens (tertiary/aromatic N) is 2. The largest absolute Gasteiger partial charge is 0.384 e. The number of fused-ring (bicyclic) bond motifs is 7. The zero-order valence-corrected chi connectivity index (χ0v) is 25.2. The Morgan fingerprint density at radius 2 is 1.77 bits per heavy atom. The molecule has 3 fully saturated rings. The number of allylic oxidation sites excluding steroid dienone is 4. The van der Waals surface area contributed by atoms with Crippen molar-refractivity contribution in [3.8, 4) is 0 Å². The number of hydrogen-bond donors (Lipinski definition) is 1. The molecule has 3 saturated carbocycles. The molecule has 0 aromatic heterocycles. The summed E-state index contributed by atoms with van der Waals surface area (Å²) in [5.74, 6) is -0.737. The Hall–Kier alpha value is -2.75. The molecular weight excluding hydrogens is 502 g/mol. The smallest absolute Gasteiger partial charge is 0.341 e. The van der Waals surface area contributed by atoms with E-state index in [0.29, 0.717) is 19.3 Å². The minimum Gasteiger partial charge on any atom is -0.384 e. The van der Waals surface area contributed by atoms with Gasteiger partial charge in [0.25, 0.3) is 0 Å². The summed E-state index contributed by atoms with van der Waals surface area (Å²) in [5, 5.41) is 3.93. The van der Waals surface area contributed by atoms with Crippen molar-refractivity contribution in [2.75, 3.05) is 0 Å². The third kappa shape index (κ3) is 3.73. The maximum Gasteiger partial charge on any atom is 0.341 e. The number of hydrogen-bond acceptors (Lipinski definition) is 5. The second-order valence-electron chi connectivity index (χ2n) is 14.9. The van der Waals surface area contributed by atoms with E-state index in [4.69, 9.17) is 17.1 Å². The van der Waals surface area contributed by atoms with Gasteiger partial charge >= 0.3 is 5.97 Å². The number of Topliss-reactive ketones (excluding diaryl/α,β-unsaturated/α-hetero) is 1. The quantitative estimate of drug-likeness (QED) is 0.145. The van der Waals surface area contributed by atoms with Gasteiger partial charge in [0.1, 0.15) is 5.84 Å². The van der Waals surface area contributed by atoms with Crippen LogP contribution in [0.2, 0.25) is 0 Å². The van der Waals surface area contributed by atoms with Gasteiger partial charge in [0, 0.05) is 23.7 Å². The normalized spacial score (nSPS) is 44.1. The third-order valence-corrected chi connectivity index (χ3v) is 12.5. The number of ketones is 2. The van der Waals surface area contributed by atoms with Crippen molar-refractivity contribution in [3.63, 3.8) is 0 Å². The molecule has 216 valence electrons. The van der Waals surface area contributed by atoms with Crippen molar-refractivity contribution in [1.29, 1.82) is 0 Å². The van der Waals surface area contributed by atoms with Crippen LogP contribution in [0.4, 0.5) is 0 Å². The Morgan fingerprint density at radius 3 is 2.42 bits per heavy atom. The highest BCUT2D eigenvalue weighted by atomic mass is 16.7. The number of amidine groups is 1. The van der Waals surface area contributed by atoms with Gasteiger partial charge in [-0.25, -0.2) is 9.64 Å². The predicted molar refractivity (Wildman–Crippen MR) is 153 cm³/mol. The second-order valence-corrected chi connectivity index (χ2v) is 14.9. The first kappa shape index (κ1) is 28.8. The second kappa shape index (κ2) is 9.13. The lowest BCUT2D eigenvalue weighted by Crippen LogP contribution is -2.65. The summed E-state index contributed by atoms with van der Waals surface area (Å²) in [7, 11) is 0. The van der Waals surface area contributed by atoms with Gasteiger partial charge in [-0.2, -0.15) is 0 Å². The number of nitrogens with two attached hydrogens (primary N) is 1. The minimum atomic E-state index is -0.765. The van der Waals surface area contributed by atoms with E-state index in [1.54, 1.807) is 0 Å². The van der Waals surface area contributed by atoms with Gasteiger partial charge in [0.15, 0.2) is 11.6 Å². The van der Waals surface area contributed by atoms with Crippen molar-refractivity contribution < 1.29 is 19.2 Å². The van der Waals surface area contributed by atoms with Crippen molar-refractivity contribution in [2.24, 2.45) is 61.6 Å². The van der Waals surface area contributed by atoms with Gasteiger partial charge in [-0.05, 0) is 79.1 Å². The molecule has 0 aromatic rings. The molecular formula is C33H45N3O4. The Labute approximate surface area is 238 Å². The van der Waals surface area contributed by atoms with Crippen LogP contribution in [0.1, 0.15) is 99.8 Å². The molecule has 2 N–H and O–H groups in total. The van der Waals surface area contributed by atoms with Gasteiger partial charge in [-0.3, -0.25) is 4.79 Å². The lowest BCUT2D eigenvalue weighted by molar-refractivity contribution is -0.192. The molecule has 40 heavy (non-hydrogen) atoms. The molecule has 8 atom stereocenters. The number of carbonyl (C=O) groups excluding carboxylic acids is 3. The van der Waals surface area contributed by atoms with Crippen molar-refractivity contribution in [2.45, 2.75) is 99.8 Å². The summed E-state index contributed by atoms with van der Waals surface area (Å²) in [6.45, 7) is 22.7. The van der Waals surface area contributed by atoms with Crippen LogP contribution in [0.5, 0.6) is 0 Å². The Bertz CT molecular complexity index is 1300. The van der Waals surface area contributed by atoms with Crippen LogP contribution in [-0.2, 0) is 19.2 Å². The van der Waals surface area contributed by atoms with Crippen LogP contribution < -0.4 is 5.73 Å². The van der Waals surface area contributed by atoms with E-state index in [1.165, 1.54) is 0 Å². The number of oxime groups is 1. The fourth-order valence-electron chi connectivity index (χ4n) is 9.84. The SMILES string of the molecule is [C-]#[N+]C1=C[C@]2(C)C3=CC(=O)[C@@H]4[C@@H]5CC(C)(C)CC[C@]5(C(=O)O/N=C(\N)CC)CC[C@@]4(C)[C@]3(C)CC[C@H]2[C@H](C)C1=O. The zero-order chi connectivity index (χ0) is 29.5. The molecule has 0 aliphatic heterocycles. The van der Waals surface area contributed by atoms with Gasteiger partial charge in [-0.15, -0.1) is 0 Å². The van der Waals surface area contributed by atoms with Gasteiger partial charge in [0.2, 0.25) is 5.70 Å². The van der Waals surface area contributed by atoms with Gasteiger partial charge in [0.05, 0.1) is 12.0 Å². The molecule has 7 nitrogen and oxygen atoms in total. The van der Waals surface area contributed by atoms with Crippen LogP contribution in [0.25, 0.3) is 4.85 Å². The topological polar surface area (TPSA) is 103 Å². The zero-order valence-electron chi connectivity index (χ0n) is 25.2. The van der Waals surface area contributed by atoms with Crippen LogP contribution in [-0.4, -0.2) is 23.4 Å². The first-order valence-electron chi connectivity index (χ1n) is 15.0. The fraction of sp³-hybridized carbons (Fsp3) is 0.727. The molecule has 7 heteroatoms.